The highest BCUT2D eigenvalue weighted by Gasteiger charge is 2.21. The van der Waals surface area contributed by atoms with E-state index in [0.717, 1.165) is 19.4 Å². The maximum Gasteiger partial charge on any atom is 0.162 e. The normalized spacial score (nSPS) is 25.1. The minimum Gasteiger partial charge on any atom is -0.370 e. The van der Waals surface area contributed by atoms with Crippen LogP contribution in [0.15, 0.2) is 0 Å². The largest absolute Gasteiger partial charge is 0.370 e. The summed E-state index contributed by atoms with van der Waals surface area (Å²) in [5, 5.41) is 0. The van der Waals surface area contributed by atoms with Crippen LogP contribution in [0, 0.1) is 0 Å². The SMILES string of the molecule is NCCC(=O)C1CCCO1. The Morgan fingerprint density at radius 3 is 3.00 bits per heavy atom. The van der Waals surface area contributed by atoms with Crippen LogP contribution in [0.4, 0.5) is 0 Å². The Hall–Kier alpha value is -0.410. The van der Waals surface area contributed by atoms with Gasteiger partial charge in [-0.05, 0) is 19.4 Å². The highest BCUT2D eigenvalue weighted by molar-refractivity contribution is 5.83. The number of ketones is 1. The van der Waals surface area contributed by atoms with Crippen molar-refractivity contribution in [3.63, 3.8) is 0 Å². The van der Waals surface area contributed by atoms with E-state index in [1.165, 1.54) is 0 Å². The van der Waals surface area contributed by atoms with Crippen molar-refractivity contribution in [1.82, 2.24) is 0 Å². The maximum atomic E-state index is 11.0. The first-order valence-corrected chi connectivity index (χ1v) is 3.69. The predicted molar refractivity (Wildman–Crippen MR) is 37.7 cm³/mol. The van der Waals surface area contributed by atoms with Gasteiger partial charge in [-0.3, -0.25) is 4.79 Å². The molecule has 1 aliphatic heterocycles. The van der Waals surface area contributed by atoms with Crippen LogP contribution in [0.1, 0.15) is 19.3 Å². The molecule has 1 unspecified atom stereocenters. The van der Waals surface area contributed by atoms with Gasteiger partial charge < -0.3 is 10.5 Å². The molecule has 1 atom stereocenters. The van der Waals surface area contributed by atoms with Gasteiger partial charge in [-0.1, -0.05) is 0 Å². The van der Waals surface area contributed by atoms with Crippen molar-refractivity contribution < 1.29 is 9.53 Å². The topological polar surface area (TPSA) is 52.3 Å². The number of hydrogen-bond acceptors (Lipinski definition) is 3. The summed E-state index contributed by atoms with van der Waals surface area (Å²) in [6.45, 7) is 1.18. The van der Waals surface area contributed by atoms with Gasteiger partial charge >= 0.3 is 0 Å². The molecular formula is C7H13NO2. The van der Waals surface area contributed by atoms with Gasteiger partial charge in [0.25, 0.3) is 0 Å². The molecule has 0 aromatic carbocycles. The summed E-state index contributed by atoms with van der Waals surface area (Å²) in [6.07, 6.45) is 2.23. The molecule has 1 aliphatic rings. The lowest BCUT2D eigenvalue weighted by Gasteiger charge is -2.05. The first kappa shape index (κ1) is 7.69. The average molecular weight is 143 g/mol. The monoisotopic (exact) mass is 143 g/mol. The number of rotatable bonds is 3. The van der Waals surface area contributed by atoms with Gasteiger partial charge in [-0.15, -0.1) is 0 Å². The summed E-state index contributed by atoms with van der Waals surface area (Å²) in [5.74, 6) is 0.167. The first-order valence-electron chi connectivity index (χ1n) is 3.69. The van der Waals surface area contributed by atoms with Crippen molar-refractivity contribution in [2.75, 3.05) is 13.2 Å². The summed E-state index contributed by atoms with van der Waals surface area (Å²) >= 11 is 0. The van der Waals surface area contributed by atoms with E-state index in [2.05, 4.69) is 0 Å². The number of nitrogens with two attached hydrogens (primary N) is 1. The van der Waals surface area contributed by atoms with Gasteiger partial charge in [-0.25, -0.2) is 0 Å². The molecule has 0 radical (unpaired) electrons. The van der Waals surface area contributed by atoms with Crippen LogP contribution in [0.3, 0.4) is 0 Å². The van der Waals surface area contributed by atoms with E-state index in [-0.39, 0.29) is 11.9 Å². The molecule has 3 heteroatoms. The van der Waals surface area contributed by atoms with Crippen LogP contribution in [-0.4, -0.2) is 25.0 Å². The molecule has 0 aliphatic carbocycles. The average Bonchev–Trinajstić information content (AvgIpc) is 2.38. The number of carbonyl (C=O) groups is 1. The van der Waals surface area contributed by atoms with E-state index in [4.69, 9.17) is 10.5 Å². The lowest BCUT2D eigenvalue weighted by Crippen LogP contribution is -2.21. The summed E-state index contributed by atoms with van der Waals surface area (Å²) in [7, 11) is 0. The van der Waals surface area contributed by atoms with E-state index in [9.17, 15) is 4.79 Å². The number of carbonyl (C=O) groups excluding carboxylic acids is 1. The molecule has 0 aromatic rings. The third kappa shape index (κ3) is 1.78. The third-order valence-corrected chi connectivity index (χ3v) is 1.68. The molecular weight excluding hydrogens is 130 g/mol. The highest BCUT2D eigenvalue weighted by Crippen LogP contribution is 2.13. The molecule has 1 fully saturated rings. The van der Waals surface area contributed by atoms with E-state index >= 15 is 0 Å². The van der Waals surface area contributed by atoms with E-state index in [1.54, 1.807) is 0 Å². The van der Waals surface area contributed by atoms with Gasteiger partial charge in [0.2, 0.25) is 0 Å². The summed E-state index contributed by atoms with van der Waals surface area (Å²) in [5.41, 5.74) is 5.22. The molecule has 3 nitrogen and oxygen atoms in total. The molecule has 0 saturated carbocycles. The standard InChI is InChI=1S/C7H13NO2/c8-4-3-6(9)7-2-1-5-10-7/h7H,1-5,8H2. The second-order valence-corrected chi connectivity index (χ2v) is 2.51. The Kier molecular flexibility index (Phi) is 2.83. The van der Waals surface area contributed by atoms with Crippen LogP contribution >= 0.6 is 0 Å². The number of ether oxygens (including phenoxy) is 1. The van der Waals surface area contributed by atoms with E-state index in [0.29, 0.717) is 13.0 Å². The fourth-order valence-corrected chi connectivity index (χ4v) is 1.13. The molecule has 1 saturated heterocycles. The Balaban J connectivity index is 2.25. The van der Waals surface area contributed by atoms with Crippen molar-refractivity contribution in [3.05, 3.63) is 0 Å². The van der Waals surface area contributed by atoms with E-state index in [1.807, 2.05) is 0 Å². The van der Waals surface area contributed by atoms with Crippen molar-refractivity contribution in [1.29, 1.82) is 0 Å². The van der Waals surface area contributed by atoms with Crippen LogP contribution in [0.5, 0.6) is 0 Å². The molecule has 0 amide bonds. The summed E-state index contributed by atoms with van der Waals surface area (Å²) in [6, 6.07) is 0. The lowest BCUT2D eigenvalue weighted by atomic mass is 10.1. The fourth-order valence-electron chi connectivity index (χ4n) is 1.13. The predicted octanol–water partition coefficient (Wildman–Crippen LogP) is 0.0833. The van der Waals surface area contributed by atoms with Crippen LogP contribution < -0.4 is 5.73 Å². The first-order chi connectivity index (χ1) is 4.84. The zero-order chi connectivity index (χ0) is 7.40. The Labute approximate surface area is 60.5 Å². The van der Waals surface area contributed by atoms with Gasteiger partial charge in [0.15, 0.2) is 5.78 Å². The van der Waals surface area contributed by atoms with Gasteiger partial charge in [0, 0.05) is 13.0 Å². The van der Waals surface area contributed by atoms with Crippen LogP contribution in [0.25, 0.3) is 0 Å². The molecule has 0 bridgehead atoms. The van der Waals surface area contributed by atoms with Crippen LogP contribution in [-0.2, 0) is 9.53 Å². The zero-order valence-electron chi connectivity index (χ0n) is 6.01. The quantitative estimate of drug-likeness (QED) is 0.609. The summed E-state index contributed by atoms with van der Waals surface area (Å²) in [4.78, 5) is 11.0. The minimum absolute atomic E-state index is 0.136. The van der Waals surface area contributed by atoms with Crippen molar-refractivity contribution in [3.8, 4) is 0 Å². The molecule has 2 N–H and O–H groups in total. The lowest BCUT2D eigenvalue weighted by molar-refractivity contribution is -0.127. The molecule has 0 aromatic heterocycles. The van der Waals surface area contributed by atoms with Gasteiger partial charge in [-0.2, -0.15) is 0 Å². The molecule has 0 spiro atoms. The Bertz CT molecular complexity index is 119. The fraction of sp³-hybridized carbons (Fsp3) is 0.857. The highest BCUT2D eigenvalue weighted by atomic mass is 16.5. The number of hydrogen-bond donors (Lipinski definition) is 1. The second-order valence-electron chi connectivity index (χ2n) is 2.51. The molecule has 58 valence electrons. The van der Waals surface area contributed by atoms with Crippen LogP contribution in [0.2, 0.25) is 0 Å². The maximum absolute atomic E-state index is 11.0. The third-order valence-electron chi connectivity index (χ3n) is 1.68. The molecule has 1 rings (SSSR count). The molecule has 1 heterocycles. The van der Waals surface area contributed by atoms with Crippen molar-refractivity contribution >= 4 is 5.78 Å². The van der Waals surface area contributed by atoms with Gasteiger partial charge in [0.1, 0.15) is 6.10 Å². The Morgan fingerprint density at radius 2 is 2.50 bits per heavy atom. The smallest absolute Gasteiger partial charge is 0.162 e. The van der Waals surface area contributed by atoms with Gasteiger partial charge in [0.05, 0.1) is 0 Å². The van der Waals surface area contributed by atoms with Crippen molar-refractivity contribution in [2.24, 2.45) is 5.73 Å². The summed E-state index contributed by atoms with van der Waals surface area (Å²) < 4.78 is 5.16. The molecule has 10 heavy (non-hydrogen) atoms. The second kappa shape index (κ2) is 3.68. The van der Waals surface area contributed by atoms with E-state index < -0.39 is 0 Å². The van der Waals surface area contributed by atoms with Crippen molar-refractivity contribution in [2.45, 2.75) is 25.4 Å². The Morgan fingerprint density at radius 1 is 1.70 bits per heavy atom. The number of Topliss-reactive ketones (excluding diaryl/α,β-unsaturated/α-hetero) is 1. The minimum atomic E-state index is -0.136. The zero-order valence-corrected chi connectivity index (χ0v) is 6.01.